The van der Waals surface area contributed by atoms with E-state index in [1.807, 2.05) is 0 Å². The highest BCUT2D eigenvalue weighted by Crippen LogP contribution is 2.14. The molecule has 1 rings (SSSR count). The molecular weight excluding hydrogens is 250 g/mol. The van der Waals surface area contributed by atoms with E-state index in [9.17, 15) is 0 Å². The quantitative estimate of drug-likeness (QED) is 0.515. The zero-order chi connectivity index (χ0) is 14.5. The Kier molecular flexibility index (Phi) is 9.72. The average Bonchev–Trinajstić information content (AvgIpc) is 2.47. The standard InChI is InChI=1S/C17H28NO2/c1-3-5-7-9-14-19-16-12-11-13-17(18-16)20-15-10-8-6-4-2/h12-13H,3-10,14-15H2,1-2H3. The van der Waals surface area contributed by atoms with Gasteiger partial charge in [-0.05, 0) is 18.9 Å². The molecule has 0 aromatic carbocycles. The van der Waals surface area contributed by atoms with Crippen LogP contribution in [0.1, 0.15) is 65.2 Å². The van der Waals surface area contributed by atoms with E-state index in [1.165, 1.54) is 38.5 Å². The van der Waals surface area contributed by atoms with Crippen molar-refractivity contribution in [3.8, 4) is 11.8 Å². The highest BCUT2D eigenvalue weighted by Gasteiger charge is 2.00. The van der Waals surface area contributed by atoms with Crippen LogP contribution in [0.5, 0.6) is 11.8 Å². The van der Waals surface area contributed by atoms with Crippen LogP contribution in [-0.4, -0.2) is 18.2 Å². The number of hydrogen-bond acceptors (Lipinski definition) is 3. The lowest BCUT2D eigenvalue weighted by Gasteiger charge is -2.08. The van der Waals surface area contributed by atoms with Crippen molar-refractivity contribution in [2.45, 2.75) is 65.2 Å². The van der Waals surface area contributed by atoms with Gasteiger partial charge in [0.05, 0.1) is 13.2 Å². The fourth-order valence-corrected chi connectivity index (χ4v) is 1.92. The van der Waals surface area contributed by atoms with Gasteiger partial charge in [-0.15, -0.1) is 0 Å². The lowest BCUT2D eigenvalue weighted by atomic mass is 10.2. The number of pyridine rings is 1. The van der Waals surface area contributed by atoms with Crippen LogP contribution in [0.25, 0.3) is 0 Å². The molecule has 1 aromatic heterocycles. The van der Waals surface area contributed by atoms with Crippen LogP contribution in [0.4, 0.5) is 0 Å². The van der Waals surface area contributed by atoms with Crippen LogP contribution >= 0.6 is 0 Å². The van der Waals surface area contributed by atoms with Gasteiger partial charge in [-0.3, -0.25) is 0 Å². The molecule has 3 heteroatoms. The summed E-state index contributed by atoms with van der Waals surface area (Å²) >= 11 is 0. The number of nitrogens with zero attached hydrogens (tertiary/aromatic N) is 1. The van der Waals surface area contributed by atoms with Gasteiger partial charge >= 0.3 is 0 Å². The SMILES string of the molecule is CCCCCCOc1c[c]cc(OCCCCCC)n1. The molecule has 113 valence electrons. The fraction of sp³-hybridized carbons (Fsp3) is 0.706. The third-order valence-corrected chi connectivity index (χ3v) is 3.13. The van der Waals surface area contributed by atoms with Crippen molar-refractivity contribution < 1.29 is 9.47 Å². The van der Waals surface area contributed by atoms with Gasteiger partial charge in [0.1, 0.15) is 0 Å². The zero-order valence-corrected chi connectivity index (χ0v) is 13.0. The number of hydrogen-bond donors (Lipinski definition) is 0. The summed E-state index contributed by atoms with van der Waals surface area (Å²) in [6.45, 7) is 5.86. The molecule has 0 aliphatic carbocycles. The zero-order valence-electron chi connectivity index (χ0n) is 13.0. The van der Waals surface area contributed by atoms with Crippen molar-refractivity contribution in [2.75, 3.05) is 13.2 Å². The summed E-state index contributed by atoms with van der Waals surface area (Å²) in [7, 11) is 0. The lowest BCUT2D eigenvalue weighted by molar-refractivity contribution is 0.269. The Balaban J connectivity index is 2.19. The maximum Gasteiger partial charge on any atom is 0.217 e. The van der Waals surface area contributed by atoms with E-state index in [0.717, 1.165) is 26.1 Å². The van der Waals surface area contributed by atoms with Crippen molar-refractivity contribution >= 4 is 0 Å². The van der Waals surface area contributed by atoms with Crippen molar-refractivity contribution in [1.82, 2.24) is 4.98 Å². The van der Waals surface area contributed by atoms with Gasteiger partial charge in [-0.2, -0.15) is 4.98 Å². The van der Waals surface area contributed by atoms with Gasteiger partial charge in [-0.25, -0.2) is 0 Å². The molecule has 1 heterocycles. The second-order valence-corrected chi connectivity index (χ2v) is 5.06. The molecule has 0 unspecified atom stereocenters. The molecule has 0 saturated heterocycles. The van der Waals surface area contributed by atoms with Gasteiger partial charge in [-0.1, -0.05) is 52.4 Å². The normalized spacial score (nSPS) is 10.5. The Morgan fingerprint density at radius 3 is 1.75 bits per heavy atom. The predicted octanol–water partition coefficient (Wildman–Crippen LogP) is 4.80. The Labute approximate surface area is 123 Å². The Bertz CT molecular complexity index is 312. The second kappa shape index (κ2) is 11.6. The van der Waals surface area contributed by atoms with Crippen molar-refractivity contribution in [1.29, 1.82) is 0 Å². The molecule has 0 fully saturated rings. The second-order valence-electron chi connectivity index (χ2n) is 5.06. The van der Waals surface area contributed by atoms with E-state index >= 15 is 0 Å². The third-order valence-electron chi connectivity index (χ3n) is 3.13. The molecule has 0 saturated carbocycles. The summed E-state index contributed by atoms with van der Waals surface area (Å²) in [6, 6.07) is 6.56. The highest BCUT2D eigenvalue weighted by atomic mass is 16.5. The Morgan fingerprint density at radius 1 is 0.800 bits per heavy atom. The summed E-state index contributed by atoms with van der Waals surface area (Å²) in [5, 5.41) is 0. The van der Waals surface area contributed by atoms with Crippen LogP contribution < -0.4 is 9.47 Å². The third kappa shape index (κ3) is 8.03. The first-order valence-corrected chi connectivity index (χ1v) is 8.00. The van der Waals surface area contributed by atoms with Crippen LogP contribution in [0.2, 0.25) is 0 Å². The molecule has 0 aliphatic rings. The maximum absolute atomic E-state index is 5.62. The van der Waals surface area contributed by atoms with E-state index in [-0.39, 0.29) is 0 Å². The van der Waals surface area contributed by atoms with Crippen LogP contribution in [0.3, 0.4) is 0 Å². The maximum atomic E-state index is 5.62. The summed E-state index contributed by atoms with van der Waals surface area (Å²) < 4.78 is 11.2. The average molecular weight is 278 g/mol. The van der Waals surface area contributed by atoms with Crippen LogP contribution in [0.15, 0.2) is 12.1 Å². The van der Waals surface area contributed by atoms with E-state index in [2.05, 4.69) is 24.9 Å². The Hall–Kier alpha value is -1.25. The molecule has 0 atom stereocenters. The van der Waals surface area contributed by atoms with E-state index in [1.54, 1.807) is 12.1 Å². The van der Waals surface area contributed by atoms with Crippen molar-refractivity contribution in [3.05, 3.63) is 18.2 Å². The minimum Gasteiger partial charge on any atom is -0.478 e. The first kappa shape index (κ1) is 16.8. The molecule has 20 heavy (non-hydrogen) atoms. The summed E-state index contributed by atoms with van der Waals surface area (Å²) in [5.41, 5.74) is 0. The van der Waals surface area contributed by atoms with Gasteiger partial charge < -0.3 is 9.47 Å². The molecule has 0 aliphatic heterocycles. The molecule has 0 spiro atoms. The van der Waals surface area contributed by atoms with Crippen LogP contribution in [0, 0.1) is 6.07 Å². The largest absolute Gasteiger partial charge is 0.478 e. The van der Waals surface area contributed by atoms with Gasteiger partial charge in [0.25, 0.3) is 0 Å². The van der Waals surface area contributed by atoms with Gasteiger partial charge in [0.15, 0.2) is 0 Å². The molecule has 0 bridgehead atoms. The molecular formula is C17H28NO2. The monoisotopic (exact) mass is 278 g/mol. The molecule has 0 amide bonds. The topological polar surface area (TPSA) is 31.4 Å². The molecule has 1 radical (unpaired) electrons. The first-order valence-electron chi connectivity index (χ1n) is 8.00. The first-order chi connectivity index (χ1) is 9.86. The van der Waals surface area contributed by atoms with Gasteiger partial charge in [0.2, 0.25) is 11.8 Å². The summed E-state index contributed by atoms with van der Waals surface area (Å²) in [4.78, 5) is 4.33. The smallest absolute Gasteiger partial charge is 0.217 e. The fourth-order valence-electron chi connectivity index (χ4n) is 1.92. The predicted molar refractivity (Wildman–Crippen MR) is 82.3 cm³/mol. The molecule has 0 N–H and O–H groups in total. The highest BCUT2D eigenvalue weighted by molar-refractivity contribution is 5.18. The minimum atomic E-state index is 0.618. The summed E-state index contributed by atoms with van der Waals surface area (Å²) in [6.07, 6.45) is 9.62. The summed E-state index contributed by atoms with van der Waals surface area (Å²) in [5.74, 6) is 1.24. The minimum absolute atomic E-state index is 0.618. The van der Waals surface area contributed by atoms with Gasteiger partial charge in [0, 0.05) is 12.1 Å². The van der Waals surface area contributed by atoms with Crippen molar-refractivity contribution in [3.63, 3.8) is 0 Å². The van der Waals surface area contributed by atoms with E-state index < -0.39 is 0 Å². The lowest BCUT2D eigenvalue weighted by Crippen LogP contribution is -2.02. The Morgan fingerprint density at radius 2 is 1.30 bits per heavy atom. The van der Waals surface area contributed by atoms with Crippen LogP contribution in [-0.2, 0) is 0 Å². The number of unbranched alkanes of at least 4 members (excludes halogenated alkanes) is 6. The van der Waals surface area contributed by atoms with E-state index in [4.69, 9.17) is 9.47 Å². The number of aromatic nitrogens is 1. The van der Waals surface area contributed by atoms with E-state index in [0.29, 0.717) is 11.8 Å². The number of ether oxygens (including phenoxy) is 2. The van der Waals surface area contributed by atoms with Crippen molar-refractivity contribution in [2.24, 2.45) is 0 Å². The molecule has 3 nitrogen and oxygen atoms in total. The number of rotatable bonds is 12. The molecule has 1 aromatic rings.